The van der Waals surface area contributed by atoms with E-state index in [-0.39, 0.29) is 30.6 Å². The van der Waals surface area contributed by atoms with Crippen molar-refractivity contribution in [1.82, 2.24) is 10.4 Å². The SMILES string of the molecule is CCCN(OCC)C(=O)C1=Cc2ccc(-c3ccc(C(=O)NCCOCCOCCOCCOCCOCCOCCOCCOCCOCCOCCC(=O)OC(C)(C)C)cc3)cc2N=C(N)C1. The number of hydroxylamine groups is 2. The third-order valence-electron chi connectivity index (χ3n) is 9.44. The molecule has 1 aliphatic rings. The molecule has 0 saturated carbocycles. The van der Waals surface area contributed by atoms with Crippen molar-refractivity contribution in [2.45, 2.75) is 59.5 Å². The van der Waals surface area contributed by atoms with Gasteiger partial charge in [0.05, 0.1) is 151 Å². The minimum atomic E-state index is -0.486. The Hall–Kier alpha value is -4.38. The highest BCUT2D eigenvalue weighted by atomic mass is 16.7. The van der Waals surface area contributed by atoms with E-state index in [1.165, 1.54) is 5.06 Å². The summed E-state index contributed by atoms with van der Waals surface area (Å²) in [5.41, 5.74) is 10.1. The summed E-state index contributed by atoms with van der Waals surface area (Å²) in [6, 6.07) is 13.1. The summed E-state index contributed by atoms with van der Waals surface area (Å²) in [5.74, 6) is -0.340. The molecule has 69 heavy (non-hydrogen) atoms. The topological polar surface area (TPSA) is 216 Å². The highest BCUT2D eigenvalue weighted by Gasteiger charge is 2.22. The largest absolute Gasteiger partial charge is 0.460 e. The number of nitrogens with two attached hydrogens (primary N) is 1. The molecule has 0 aliphatic carbocycles. The predicted octanol–water partition coefficient (Wildman–Crippen LogP) is 4.95. The molecule has 0 aromatic heterocycles. The average molecular weight is 975 g/mol. The Bertz CT molecular complexity index is 1780. The summed E-state index contributed by atoms with van der Waals surface area (Å²) in [6.07, 6.45) is 3.04. The van der Waals surface area contributed by atoms with Gasteiger partial charge in [0, 0.05) is 36.2 Å². The van der Waals surface area contributed by atoms with Gasteiger partial charge >= 0.3 is 5.97 Å². The van der Waals surface area contributed by atoms with Gasteiger partial charge in [-0.3, -0.25) is 19.2 Å². The zero-order chi connectivity index (χ0) is 49.8. The lowest BCUT2D eigenvalue weighted by Crippen LogP contribution is -2.34. The Labute approximate surface area is 408 Å². The molecule has 0 radical (unpaired) electrons. The second-order valence-corrected chi connectivity index (χ2v) is 16.3. The fourth-order valence-corrected chi connectivity index (χ4v) is 6.23. The van der Waals surface area contributed by atoms with Crippen LogP contribution in [0.25, 0.3) is 17.2 Å². The fourth-order valence-electron chi connectivity index (χ4n) is 6.23. The van der Waals surface area contributed by atoms with Crippen LogP contribution in [0.4, 0.5) is 5.69 Å². The van der Waals surface area contributed by atoms with Crippen LogP contribution >= 0.6 is 0 Å². The minimum Gasteiger partial charge on any atom is -0.460 e. The van der Waals surface area contributed by atoms with E-state index in [1.807, 2.05) is 71.0 Å². The normalized spacial score (nSPS) is 12.5. The molecule has 0 unspecified atom stereocenters. The lowest BCUT2D eigenvalue weighted by molar-refractivity contribution is -0.180. The van der Waals surface area contributed by atoms with Gasteiger partial charge in [-0.25, -0.2) is 10.1 Å². The Kier molecular flexibility index (Phi) is 31.2. The molecule has 0 saturated heterocycles. The number of benzene rings is 2. The van der Waals surface area contributed by atoms with Gasteiger partial charge in [-0.15, -0.1) is 0 Å². The number of hydrogen-bond donors (Lipinski definition) is 2. The van der Waals surface area contributed by atoms with Crippen molar-refractivity contribution in [3.63, 3.8) is 0 Å². The van der Waals surface area contributed by atoms with Crippen LogP contribution in [0.5, 0.6) is 0 Å². The summed E-state index contributed by atoms with van der Waals surface area (Å²) < 4.78 is 60.2. The van der Waals surface area contributed by atoms with Gasteiger partial charge in [0.15, 0.2) is 0 Å². The van der Waals surface area contributed by atoms with Gasteiger partial charge in [-0.2, -0.15) is 0 Å². The molecular weight excluding hydrogens is 897 g/mol. The van der Waals surface area contributed by atoms with Crippen molar-refractivity contribution in [2.75, 3.05) is 152 Å². The highest BCUT2D eigenvalue weighted by molar-refractivity contribution is 6.05. The van der Waals surface area contributed by atoms with Gasteiger partial charge < -0.3 is 63.2 Å². The number of amides is 2. The molecule has 388 valence electrons. The highest BCUT2D eigenvalue weighted by Crippen LogP contribution is 2.32. The number of ether oxygens (including phenoxy) is 11. The maximum Gasteiger partial charge on any atom is 0.308 e. The van der Waals surface area contributed by atoms with Crippen molar-refractivity contribution in [3.05, 3.63) is 59.2 Å². The summed E-state index contributed by atoms with van der Waals surface area (Å²) in [5, 5.41) is 4.27. The number of amidine groups is 1. The quantitative estimate of drug-likeness (QED) is 0.0514. The van der Waals surface area contributed by atoms with Crippen LogP contribution in [0, 0.1) is 0 Å². The van der Waals surface area contributed by atoms with E-state index in [1.54, 1.807) is 12.1 Å². The summed E-state index contributed by atoms with van der Waals surface area (Å²) in [7, 11) is 0. The molecule has 2 aromatic rings. The average Bonchev–Trinajstić information content (AvgIpc) is 3.49. The molecule has 0 atom stereocenters. The number of nitrogens with zero attached hydrogens (tertiary/aromatic N) is 2. The molecule has 1 heterocycles. The minimum absolute atomic E-state index is 0.196. The summed E-state index contributed by atoms with van der Waals surface area (Å²) in [6.45, 7) is 19.3. The van der Waals surface area contributed by atoms with E-state index in [2.05, 4.69) is 10.3 Å². The van der Waals surface area contributed by atoms with E-state index in [0.717, 1.165) is 23.1 Å². The molecular formula is C50H78N4O15. The second-order valence-electron chi connectivity index (χ2n) is 16.3. The fraction of sp³-hybridized carbons (Fsp3) is 0.640. The lowest BCUT2D eigenvalue weighted by atomic mass is 10.00. The van der Waals surface area contributed by atoms with Gasteiger partial charge in [0.2, 0.25) is 0 Å². The number of fused-ring (bicyclic) bond motifs is 1. The zero-order valence-electron chi connectivity index (χ0n) is 41.6. The van der Waals surface area contributed by atoms with Gasteiger partial charge in [0.1, 0.15) is 11.4 Å². The van der Waals surface area contributed by atoms with Gasteiger partial charge in [-0.05, 0) is 69.5 Å². The van der Waals surface area contributed by atoms with E-state index in [0.29, 0.717) is 174 Å². The molecule has 2 amide bonds. The molecule has 0 spiro atoms. The molecule has 3 rings (SSSR count). The van der Waals surface area contributed by atoms with Crippen LogP contribution in [-0.4, -0.2) is 186 Å². The van der Waals surface area contributed by atoms with Crippen molar-refractivity contribution >= 4 is 35.4 Å². The van der Waals surface area contributed by atoms with Crippen LogP contribution in [0.15, 0.2) is 53.0 Å². The Morgan fingerprint density at radius 3 is 1.52 bits per heavy atom. The molecule has 2 aromatic carbocycles. The van der Waals surface area contributed by atoms with Gasteiger partial charge in [-0.1, -0.05) is 31.2 Å². The lowest BCUT2D eigenvalue weighted by Gasteiger charge is -2.21. The van der Waals surface area contributed by atoms with Crippen molar-refractivity contribution < 1.29 is 71.3 Å². The van der Waals surface area contributed by atoms with Crippen LogP contribution in [0.2, 0.25) is 0 Å². The number of aliphatic imine (C=N–C) groups is 1. The summed E-state index contributed by atoms with van der Waals surface area (Å²) >= 11 is 0. The van der Waals surface area contributed by atoms with Crippen LogP contribution < -0.4 is 11.1 Å². The third kappa shape index (κ3) is 27.6. The number of hydrogen-bond acceptors (Lipinski definition) is 17. The standard InChI is InChI=1S/C50H78N4O15/c1-6-16-54(68-7-2)49(57)44-37-43-13-12-42(38-45(43)53-46(51)39-44)40-8-10-41(11-9-40)48(56)52-15-18-59-20-22-61-24-26-63-28-30-65-32-34-67-36-35-66-33-31-64-29-27-62-25-23-60-21-19-58-17-14-47(55)69-50(3,4)5/h8-13,37-38H,6-7,14-36,39H2,1-5H3,(H2,51,53)(H,52,56). The van der Waals surface area contributed by atoms with E-state index >= 15 is 0 Å². The van der Waals surface area contributed by atoms with Crippen molar-refractivity contribution in [1.29, 1.82) is 0 Å². The maximum atomic E-state index is 13.2. The van der Waals surface area contributed by atoms with Gasteiger partial charge in [0.25, 0.3) is 11.8 Å². The molecule has 0 bridgehead atoms. The second kappa shape index (κ2) is 36.5. The molecule has 19 nitrogen and oxygen atoms in total. The molecule has 3 N–H and O–H groups in total. The number of carbonyl (C=O) groups excluding carboxylic acids is 3. The molecule has 19 heteroatoms. The monoisotopic (exact) mass is 975 g/mol. The Balaban J connectivity index is 1.06. The first-order chi connectivity index (χ1) is 33.5. The van der Waals surface area contributed by atoms with Crippen LogP contribution in [0.3, 0.4) is 0 Å². The first kappa shape index (κ1) is 58.9. The van der Waals surface area contributed by atoms with E-state index in [4.69, 9.17) is 62.7 Å². The first-order valence-electron chi connectivity index (χ1n) is 24.0. The Morgan fingerprint density at radius 1 is 0.623 bits per heavy atom. The smallest absolute Gasteiger partial charge is 0.308 e. The van der Waals surface area contributed by atoms with Crippen LogP contribution in [-0.2, 0) is 66.5 Å². The van der Waals surface area contributed by atoms with Crippen molar-refractivity contribution in [2.24, 2.45) is 10.7 Å². The Morgan fingerprint density at radius 2 is 1.07 bits per heavy atom. The van der Waals surface area contributed by atoms with Crippen LogP contribution in [0.1, 0.15) is 69.8 Å². The maximum absolute atomic E-state index is 13.2. The predicted molar refractivity (Wildman–Crippen MR) is 260 cm³/mol. The van der Waals surface area contributed by atoms with E-state index in [9.17, 15) is 14.4 Å². The molecule has 1 aliphatic heterocycles. The first-order valence-corrected chi connectivity index (χ1v) is 24.0. The number of nitrogens with one attached hydrogen (secondary N) is 1. The van der Waals surface area contributed by atoms with Crippen molar-refractivity contribution in [3.8, 4) is 11.1 Å². The van der Waals surface area contributed by atoms with E-state index < -0.39 is 5.60 Å². The number of esters is 1. The third-order valence-corrected chi connectivity index (χ3v) is 9.44. The number of rotatable bonds is 40. The summed E-state index contributed by atoms with van der Waals surface area (Å²) in [4.78, 5) is 47.7. The number of carbonyl (C=O) groups is 3. The zero-order valence-corrected chi connectivity index (χ0v) is 41.6. The molecule has 0 fully saturated rings.